The molecule has 0 aliphatic heterocycles. The fourth-order valence-electron chi connectivity index (χ4n) is 3.52. The SMILES string of the molecule is CCCCNC(=O)[C@@H](C)N(Cc1cccc(OC)c1)C(=O)CN(c1ccccc1C)S(C)(=O)=O. The van der Waals surface area contributed by atoms with Gasteiger partial charge in [-0.1, -0.05) is 43.7 Å². The highest BCUT2D eigenvalue weighted by atomic mass is 32.2. The molecule has 2 aromatic carbocycles. The Morgan fingerprint density at radius 3 is 2.44 bits per heavy atom. The molecule has 0 unspecified atom stereocenters. The highest BCUT2D eigenvalue weighted by molar-refractivity contribution is 7.92. The standard InChI is InChI=1S/C25H35N3O5S/c1-6-7-15-26-25(30)20(3)27(17-21-12-10-13-22(16-21)33-4)24(29)18-28(34(5,31)32)23-14-9-8-11-19(23)2/h8-14,16,20H,6-7,15,17-18H2,1-5H3,(H,26,30)/t20-/m1/s1. The summed E-state index contributed by atoms with van der Waals surface area (Å²) in [4.78, 5) is 27.8. The van der Waals surface area contributed by atoms with Crippen molar-refractivity contribution in [2.75, 3.05) is 30.8 Å². The zero-order chi connectivity index (χ0) is 25.3. The summed E-state index contributed by atoms with van der Waals surface area (Å²) in [5, 5.41) is 2.86. The Labute approximate surface area is 202 Å². The van der Waals surface area contributed by atoms with Crippen molar-refractivity contribution in [2.24, 2.45) is 0 Å². The summed E-state index contributed by atoms with van der Waals surface area (Å²) < 4.78 is 31.6. The number of nitrogens with zero attached hydrogens (tertiary/aromatic N) is 2. The van der Waals surface area contributed by atoms with Gasteiger partial charge in [0.2, 0.25) is 21.8 Å². The molecule has 186 valence electrons. The molecular formula is C25H35N3O5S. The fourth-order valence-corrected chi connectivity index (χ4v) is 4.43. The average Bonchev–Trinajstić information content (AvgIpc) is 2.80. The molecule has 1 N–H and O–H groups in total. The van der Waals surface area contributed by atoms with Gasteiger partial charge < -0.3 is 15.0 Å². The van der Waals surface area contributed by atoms with E-state index in [2.05, 4.69) is 5.32 Å². The van der Waals surface area contributed by atoms with Crippen molar-refractivity contribution in [1.82, 2.24) is 10.2 Å². The molecule has 0 bridgehead atoms. The first kappa shape index (κ1) is 27.2. The first-order chi connectivity index (χ1) is 16.1. The van der Waals surface area contributed by atoms with E-state index < -0.39 is 28.5 Å². The van der Waals surface area contributed by atoms with Gasteiger partial charge in [-0.15, -0.1) is 0 Å². The van der Waals surface area contributed by atoms with Crippen LogP contribution in [0.15, 0.2) is 48.5 Å². The van der Waals surface area contributed by atoms with Crippen molar-refractivity contribution in [3.8, 4) is 5.75 Å². The number of para-hydroxylation sites is 1. The van der Waals surface area contributed by atoms with Crippen molar-refractivity contribution >= 4 is 27.5 Å². The summed E-state index contributed by atoms with van der Waals surface area (Å²) >= 11 is 0. The third-order valence-corrected chi connectivity index (χ3v) is 6.67. The van der Waals surface area contributed by atoms with Crippen molar-refractivity contribution in [3.05, 3.63) is 59.7 Å². The van der Waals surface area contributed by atoms with E-state index in [0.717, 1.165) is 34.5 Å². The van der Waals surface area contributed by atoms with Crippen molar-refractivity contribution in [2.45, 2.75) is 46.2 Å². The van der Waals surface area contributed by atoms with E-state index >= 15 is 0 Å². The van der Waals surface area contributed by atoms with Crippen LogP contribution in [0.4, 0.5) is 5.69 Å². The summed E-state index contributed by atoms with van der Waals surface area (Å²) in [5.41, 5.74) is 1.92. The fraction of sp³-hybridized carbons (Fsp3) is 0.440. The van der Waals surface area contributed by atoms with Gasteiger partial charge in [0.15, 0.2) is 0 Å². The summed E-state index contributed by atoms with van der Waals surface area (Å²) in [5.74, 6) is -0.135. The maximum absolute atomic E-state index is 13.5. The van der Waals surface area contributed by atoms with E-state index in [1.54, 1.807) is 63.4 Å². The lowest BCUT2D eigenvalue weighted by Crippen LogP contribution is -2.51. The predicted octanol–water partition coefficient (Wildman–Crippen LogP) is 3.10. The van der Waals surface area contributed by atoms with Crippen molar-refractivity contribution in [3.63, 3.8) is 0 Å². The number of carbonyl (C=O) groups excluding carboxylic acids is 2. The van der Waals surface area contributed by atoms with Crippen LogP contribution >= 0.6 is 0 Å². The molecule has 1 atom stereocenters. The van der Waals surface area contributed by atoms with Gasteiger partial charge in [-0.05, 0) is 49.6 Å². The third-order valence-electron chi connectivity index (χ3n) is 5.55. The van der Waals surface area contributed by atoms with Crippen LogP contribution in [0.2, 0.25) is 0 Å². The Hall–Kier alpha value is -3.07. The second kappa shape index (κ2) is 12.4. The summed E-state index contributed by atoms with van der Waals surface area (Å²) in [6, 6.07) is 13.4. The largest absolute Gasteiger partial charge is 0.497 e. The summed E-state index contributed by atoms with van der Waals surface area (Å²) in [6.45, 7) is 5.69. The summed E-state index contributed by atoms with van der Waals surface area (Å²) in [7, 11) is -2.20. The van der Waals surface area contributed by atoms with Crippen LogP contribution in [0.25, 0.3) is 0 Å². The number of hydrogen-bond donors (Lipinski definition) is 1. The number of anilines is 1. The molecule has 0 spiro atoms. The van der Waals surface area contributed by atoms with Gasteiger partial charge in [-0.3, -0.25) is 13.9 Å². The normalized spacial score (nSPS) is 12.0. The zero-order valence-electron chi connectivity index (χ0n) is 20.6. The smallest absolute Gasteiger partial charge is 0.244 e. The lowest BCUT2D eigenvalue weighted by molar-refractivity contribution is -0.139. The minimum absolute atomic E-state index is 0.129. The van der Waals surface area contributed by atoms with Gasteiger partial charge in [0.05, 0.1) is 19.1 Å². The van der Waals surface area contributed by atoms with E-state index in [1.807, 2.05) is 13.0 Å². The maximum atomic E-state index is 13.5. The van der Waals surface area contributed by atoms with Crippen LogP contribution in [0.1, 0.15) is 37.8 Å². The molecule has 0 saturated carbocycles. The first-order valence-corrected chi connectivity index (χ1v) is 13.2. The Kier molecular flexibility index (Phi) is 9.92. The minimum Gasteiger partial charge on any atom is -0.497 e. The third kappa shape index (κ3) is 7.48. The van der Waals surface area contributed by atoms with Gasteiger partial charge in [0.1, 0.15) is 18.3 Å². The summed E-state index contributed by atoms with van der Waals surface area (Å²) in [6.07, 6.45) is 2.83. The number of unbranched alkanes of at least 4 members (excludes halogenated alkanes) is 1. The van der Waals surface area contributed by atoms with Gasteiger partial charge in [0.25, 0.3) is 0 Å². The van der Waals surface area contributed by atoms with E-state index in [9.17, 15) is 18.0 Å². The Morgan fingerprint density at radius 1 is 1.12 bits per heavy atom. The Morgan fingerprint density at radius 2 is 1.82 bits per heavy atom. The number of carbonyl (C=O) groups is 2. The van der Waals surface area contributed by atoms with Crippen LogP contribution < -0.4 is 14.4 Å². The maximum Gasteiger partial charge on any atom is 0.244 e. The average molecular weight is 490 g/mol. The van der Waals surface area contributed by atoms with E-state index in [4.69, 9.17) is 4.74 Å². The molecule has 9 heteroatoms. The molecule has 34 heavy (non-hydrogen) atoms. The molecule has 2 rings (SSSR count). The number of aryl methyl sites for hydroxylation is 1. The van der Waals surface area contributed by atoms with Gasteiger partial charge in [-0.25, -0.2) is 8.42 Å². The molecule has 0 radical (unpaired) electrons. The molecule has 0 heterocycles. The second-order valence-corrected chi connectivity index (χ2v) is 10.2. The van der Waals surface area contributed by atoms with Crippen molar-refractivity contribution in [1.29, 1.82) is 0 Å². The van der Waals surface area contributed by atoms with Crippen LogP contribution in [-0.2, 0) is 26.2 Å². The Bertz CT molecular complexity index is 1090. The number of rotatable bonds is 12. The molecule has 0 saturated heterocycles. The van der Waals surface area contributed by atoms with Crippen molar-refractivity contribution < 1.29 is 22.7 Å². The first-order valence-electron chi connectivity index (χ1n) is 11.3. The van der Waals surface area contributed by atoms with Gasteiger partial charge in [-0.2, -0.15) is 0 Å². The van der Waals surface area contributed by atoms with E-state index in [0.29, 0.717) is 18.0 Å². The highest BCUT2D eigenvalue weighted by Crippen LogP contribution is 2.23. The number of amides is 2. The van der Waals surface area contributed by atoms with Crippen LogP contribution in [-0.4, -0.2) is 57.6 Å². The zero-order valence-corrected chi connectivity index (χ0v) is 21.4. The molecule has 2 aromatic rings. The number of methoxy groups -OCH3 is 1. The highest BCUT2D eigenvalue weighted by Gasteiger charge is 2.30. The number of ether oxygens (including phenoxy) is 1. The van der Waals surface area contributed by atoms with E-state index in [-0.39, 0.29) is 12.5 Å². The molecule has 0 aliphatic rings. The van der Waals surface area contributed by atoms with Crippen LogP contribution in [0, 0.1) is 6.92 Å². The minimum atomic E-state index is -3.75. The molecule has 0 aliphatic carbocycles. The van der Waals surface area contributed by atoms with Crippen LogP contribution in [0.3, 0.4) is 0 Å². The predicted molar refractivity (Wildman–Crippen MR) is 134 cm³/mol. The molecular weight excluding hydrogens is 454 g/mol. The molecule has 0 fully saturated rings. The number of nitrogens with one attached hydrogen (secondary N) is 1. The van der Waals surface area contributed by atoms with Gasteiger partial charge in [0, 0.05) is 13.1 Å². The lowest BCUT2D eigenvalue weighted by Gasteiger charge is -2.32. The monoisotopic (exact) mass is 489 g/mol. The van der Waals surface area contributed by atoms with E-state index in [1.165, 1.54) is 4.90 Å². The molecule has 2 amide bonds. The lowest BCUT2D eigenvalue weighted by atomic mass is 10.1. The second-order valence-electron chi connectivity index (χ2n) is 8.25. The quantitative estimate of drug-likeness (QED) is 0.462. The topological polar surface area (TPSA) is 96.0 Å². The molecule has 8 nitrogen and oxygen atoms in total. The Balaban J connectivity index is 2.37. The molecule has 0 aromatic heterocycles. The number of benzene rings is 2. The van der Waals surface area contributed by atoms with Gasteiger partial charge >= 0.3 is 0 Å². The van der Waals surface area contributed by atoms with Crippen LogP contribution in [0.5, 0.6) is 5.75 Å². The number of sulfonamides is 1. The number of hydrogen-bond acceptors (Lipinski definition) is 5.